The highest BCUT2D eigenvalue weighted by atomic mass is 127. The zero-order valence-electron chi connectivity index (χ0n) is 10.3. The van der Waals surface area contributed by atoms with Crippen LogP contribution in [0.1, 0.15) is 11.5 Å². The molecule has 0 fully saturated rings. The third-order valence-electron chi connectivity index (χ3n) is 2.27. The minimum Gasteiger partial charge on any atom is -0.432 e. The number of hydrogen-bond donors (Lipinski definition) is 0. The summed E-state index contributed by atoms with van der Waals surface area (Å²) in [6.07, 6.45) is 0. The van der Waals surface area contributed by atoms with Gasteiger partial charge in [0.2, 0.25) is 11.6 Å². The fourth-order valence-electron chi connectivity index (χ4n) is 1.57. The topological polar surface area (TPSA) is 78.2 Å². The summed E-state index contributed by atoms with van der Waals surface area (Å²) in [7, 11) is 0. The van der Waals surface area contributed by atoms with Crippen molar-refractivity contribution in [3.05, 3.63) is 49.5 Å². The fraction of sp³-hybridized carbons (Fsp3) is 0.167. The molecule has 0 bridgehead atoms. The number of benzene rings is 1. The van der Waals surface area contributed by atoms with E-state index in [0.717, 1.165) is 9.26 Å². The Balaban J connectivity index is 2.40. The smallest absolute Gasteiger partial charge is 0.312 e. The van der Waals surface area contributed by atoms with Gasteiger partial charge in [0.25, 0.3) is 0 Å². The highest BCUT2D eigenvalue weighted by molar-refractivity contribution is 14.1. The van der Waals surface area contributed by atoms with Crippen LogP contribution in [-0.4, -0.2) is 14.9 Å². The maximum atomic E-state index is 11.0. The van der Waals surface area contributed by atoms with Gasteiger partial charge < -0.3 is 4.74 Å². The average molecular weight is 371 g/mol. The van der Waals surface area contributed by atoms with Gasteiger partial charge in [-0.2, -0.15) is 4.98 Å². The lowest BCUT2D eigenvalue weighted by molar-refractivity contribution is -0.385. The molecule has 0 atom stereocenters. The second-order valence-corrected chi connectivity index (χ2v) is 5.11. The summed E-state index contributed by atoms with van der Waals surface area (Å²) in [6, 6.07) is 6.39. The molecule has 1 aromatic heterocycles. The standard InChI is InChI=1S/C12H10IN3O3/c1-7-5-12(15-8(2)14-7)19-11-4-3-9(13)6-10(11)16(17)18/h3-6H,1-2H3. The Labute approximate surface area is 123 Å². The largest absolute Gasteiger partial charge is 0.432 e. The molecule has 0 spiro atoms. The average Bonchev–Trinajstić information content (AvgIpc) is 2.30. The van der Waals surface area contributed by atoms with E-state index in [1.165, 1.54) is 6.07 Å². The third kappa shape index (κ3) is 3.37. The first-order valence-corrected chi connectivity index (χ1v) is 6.47. The lowest BCUT2D eigenvalue weighted by atomic mass is 10.3. The van der Waals surface area contributed by atoms with E-state index in [9.17, 15) is 10.1 Å². The van der Waals surface area contributed by atoms with Crippen LogP contribution in [0.4, 0.5) is 5.69 Å². The molecule has 0 saturated carbocycles. The summed E-state index contributed by atoms with van der Waals surface area (Å²) < 4.78 is 6.26. The predicted octanol–water partition coefficient (Wildman–Crippen LogP) is 3.40. The van der Waals surface area contributed by atoms with Crippen LogP contribution in [0.25, 0.3) is 0 Å². The van der Waals surface area contributed by atoms with E-state index in [4.69, 9.17) is 4.74 Å². The zero-order valence-corrected chi connectivity index (χ0v) is 12.4. The van der Waals surface area contributed by atoms with Crippen LogP contribution in [0.5, 0.6) is 11.6 Å². The Hall–Kier alpha value is -1.77. The molecular formula is C12H10IN3O3. The lowest BCUT2D eigenvalue weighted by Gasteiger charge is -2.07. The summed E-state index contributed by atoms with van der Waals surface area (Å²) in [5.41, 5.74) is 0.663. The molecule has 2 rings (SSSR count). The van der Waals surface area contributed by atoms with Crippen LogP contribution in [-0.2, 0) is 0 Å². The number of aryl methyl sites for hydroxylation is 2. The summed E-state index contributed by atoms with van der Waals surface area (Å²) >= 11 is 2.01. The molecule has 0 aliphatic carbocycles. The Kier molecular flexibility index (Phi) is 3.93. The normalized spacial score (nSPS) is 10.3. The van der Waals surface area contributed by atoms with Gasteiger partial charge in [0, 0.05) is 21.4 Å². The molecule has 0 aliphatic rings. The molecule has 0 unspecified atom stereocenters. The molecular weight excluding hydrogens is 361 g/mol. The van der Waals surface area contributed by atoms with Crippen LogP contribution in [0.15, 0.2) is 24.3 Å². The molecule has 0 radical (unpaired) electrons. The first-order valence-electron chi connectivity index (χ1n) is 5.40. The van der Waals surface area contributed by atoms with E-state index in [2.05, 4.69) is 9.97 Å². The summed E-state index contributed by atoms with van der Waals surface area (Å²) in [5.74, 6) is 1.03. The molecule has 0 aliphatic heterocycles. The van der Waals surface area contributed by atoms with Gasteiger partial charge in [-0.25, -0.2) is 4.98 Å². The van der Waals surface area contributed by atoms with E-state index in [-0.39, 0.29) is 11.4 Å². The van der Waals surface area contributed by atoms with E-state index >= 15 is 0 Å². The molecule has 0 saturated heterocycles. The highest BCUT2D eigenvalue weighted by Crippen LogP contribution is 2.31. The molecule has 0 amide bonds. The van der Waals surface area contributed by atoms with Gasteiger partial charge >= 0.3 is 5.69 Å². The van der Waals surface area contributed by atoms with Crippen molar-refractivity contribution in [2.75, 3.05) is 0 Å². The van der Waals surface area contributed by atoms with E-state index in [1.54, 1.807) is 25.1 Å². The Morgan fingerprint density at radius 3 is 2.63 bits per heavy atom. The number of ether oxygens (including phenoxy) is 1. The predicted molar refractivity (Wildman–Crippen MR) is 77.4 cm³/mol. The number of nitrogens with zero attached hydrogens (tertiary/aromatic N) is 3. The Morgan fingerprint density at radius 1 is 1.26 bits per heavy atom. The van der Waals surface area contributed by atoms with Crippen molar-refractivity contribution in [2.24, 2.45) is 0 Å². The van der Waals surface area contributed by atoms with Crippen LogP contribution in [0.3, 0.4) is 0 Å². The number of nitro groups is 1. The summed E-state index contributed by atoms with van der Waals surface area (Å²) in [4.78, 5) is 18.7. The van der Waals surface area contributed by atoms with Crippen molar-refractivity contribution < 1.29 is 9.66 Å². The SMILES string of the molecule is Cc1cc(Oc2ccc(I)cc2[N+](=O)[O-])nc(C)n1. The number of rotatable bonds is 3. The molecule has 1 heterocycles. The van der Waals surface area contributed by atoms with Crippen molar-refractivity contribution in [1.82, 2.24) is 9.97 Å². The van der Waals surface area contributed by atoms with Gasteiger partial charge in [0.1, 0.15) is 5.82 Å². The number of aromatic nitrogens is 2. The summed E-state index contributed by atoms with van der Waals surface area (Å²) in [6.45, 7) is 3.55. The molecule has 6 nitrogen and oxygen atoms in total. The molecule has 1 aromatic carbocycles. The fourth-order valence-corrected chi connectivity index (χ4v) is 2.04. The van der Waals surface area contributed by atoms with Gasteiger partial charge in [0.15, 0.2) is 0 Å². The van der Waals surface area contributed by atoms with E-state index in [1.807, 2.05) is 29.5 Å². The van der Waals surface area contributed by atoms with Crippen molar-refractivity contribution in [1.29, 1.82) is 0 Å². The van der Waals surface area contributed by atoms with Gasteiger partial charge in [-0.1, -0.05) is 0 Å². The van der Waals surface area contributed by atoms with Crippen molar-refractivity contribution >= 4 is 28.3 Å². The van der Waals surface area contributed by atoms with Crippen LogP contribution in [0.2, 0.25) is 0 Å². The third-order valence-corrected chi connectivity index (χ3v) is 2.95. The van der Waals surface area contributed by atoms with Gasteiger partial charge in [-0.3, -0.25) is 10.1 Å². The van der Waals surface area contributed by atoms with Gasteiger partial charge in [-0.15, -0.1) is 0 Å². The van der Waals surface area contributed by atoms with Gasteiger partial charge in [0.05, 0.1) is 4.92 Å². The van der Waals surface area contributed by atoms with Crippen LogP contribution < -0.4 is 4.74 Å². The molecule has 2 aromatic rings. The lowest BCUT2D eigenvalue weighted by Crippen LogP contribution is -1.98. The Bertz CT molecular complexity index is 626. The zero-order chi connectivity index (χ0) is 14.0. The molecule has 0 N–H and O–H groups in total. The van der Waals surface area contributed by atoms with Crippen LogP contribution >= 0.6 is 22.6 Å². The van der Waals surface area contributed by atoms with Crippen molar-refractivity contribution in [3.63, 3.8) is 0 Å². The number of hydrogen-bond acceptors (Lipinski definition) is 5. The number of halogens is 1. The second kappa shape index (κ2) is 5.47. The molecule has 98 valence electrons. The first kappa shape index (κ1) is 13.7. The van der Waals surface area contributed by atoms with Crippen LogP contribution in [0, 0.1) is 27.5 Å². The first-order chi connectivity index (χ1) is 8.95. The monoisotopic (exact) mass is 371 g/mol. The highest BCUT2D eigenvalue weighted by Gasteiger charge is 2.17. The minimum atomic E-state index is -0.474. The molecule has 19 heavy (non-hydrogen) atoms. The Morgan fingerprint density at radius 2 is 2.00 bits per heavy atom. The molecule has 7 heteroatoms. The van der Waals surface area contributed by atoms with E-state index in [0.29, 0.717) is 11.7 Å². The van der Waals surface area contributed by atoms with Gasteiger partial charge in [-0.05, 0) is 48.6 Å². The minimum absolute atomic E-state index is 0.0826. The quantitative estimate of drug-likeness (QED) is 0.470. The van der Waals surface area contributed by atoms with Crippen molar-refractivity contribution in [3.8, 4) is 11.6 Å². The maximum absolute atomic E-state index is 11.0. The maximum Gasteiger partial charge on any atom is 0.312 e. The second-order valence-electron chi connectivity index (χ2n) is 3.87. The summed E-state index contributed by atoms with van der Waals surface area (Å²) in [5, 5.41) is 11.0. The van der Waals surface area contributed by atoms with E-state index < -0.39 is 4.92 Å². The number of nitro benzene ring substituents is 1. The van der Waals surface area contributed by atoms with Crippen molar-refractivity contribution in [2.45, 2.75) is 13.8 Å².